The first kappa shape index (κ1) is 7.43. The van der Waals surface area contributed by atoms with Crippen molar-refractivity contribution < 1.29 is 4.79 Å². The first-order chi connectivity index (χ1) is 3.68. The number of rotatable bonds is 2. The molecule has 1 radical (unpaired) electrons. The Bertz CT molecular complexity index is 80.5. The van der Waals surface area contributed by atoms with E-state index in [4.69, 9.17) is 5.73 Å². The van der Waals surface area contributed by atoms with Crippen molar-refractivity contribution in [1.82, 2.24) is 10.6 Å². The molecular formula is C5H11N2O. The maximum atomic E-state index is 10.5. The second-order valence-corrected chi connectivity index (χ2v) is 1.79. The fourth-order valence-corrected chi connectivity index (χ4v) is 0.331. The minimum Gasteiger partial charge on any atom is -0.349 e. The molecule has 8 heavy (non-hydrogen) atoms. The van der Waals surface area contributed by atoms with E-state index in [1.54, 1.807) is 14.1 Å². The van der Waals surface area contributed by atoms with Crippen LogP contribution in [0.5, 0.6) is 0 Å². The number of hydrogen-bond donors (Lipinski definition) is 0. The average Bonchev–Trinajstić information content (AvgIpc) is 1.67. The van der Waals surface area contributed by atoms with Gasteiger partial charge in [-0.05, 0) is 0 Å². The molecule has 1 N–H and O–H groups in total. The SMILES string of the molecule is CN(C)C(=O)CC[NH]. The molecule has 0 rings (SSSR count). The van der Waals surface area contributed by atoms with Gasteiger partial charge in [-0.3, -0.25) is 10.5 Å². The largest absolute Gasteiger partial charge is 0.349 e. The zero-order valence-electron chi connectivity index (χ0n) is 5.27. The highest BCUT2D eigenvalue weighted by atomic mass is 16.2. The summed E-state index contributed by atoms with van der Waals surface area (Å²) in [4.78, 5) is 12.0. The third kappa shape index (κ3) is 2.58. The van der Waals surface area contributed by atoms with E-state index in [0.29, 0.717) is 6.42 Å². The molecular weight excluding hydrogens is 104 g/mol. The molecule has 0 aliphatic rings. The molecule has 0 saturated carbocycles. The van der Waals surface area contributed by atoms with Gasteiger partial charge in [0.15, 0.2) is 0 Å². The fourth-order valence-electron chi connectivity index (χ4n) is 0.331. The van der Waals surface area contributed by atoms with Crippen LogP contribution in [-0.4, -0.2) is 31.4 Å². The van der Waals surface area contributed by atoms with Crippen LogP contribution in [0.1, 0.15) is 6.42 Å². The lowest BCUT2D eigenvalue weighted by Crippen LogP contribution is -2.22. The highest BCUT2D eigenvalue weighted by molar-refractivity contribution is 5.75. The Morgan fingerprint density at radius 2 is 2.12 bits per heavy atom. The Morgan fingerprint density at radius 1 is 1.62 bits per heavy atom. The van der Waals surface area contributed by atoms with Crippen molar-refractivity contribution in [2.24, 2.45) is 0 Å². The topological polar surface area (TPSA) is 44.1 Å². The van der Waals surface area contributed by atoms with Crippen LogP contribution in [0.25, 0.3) is 0 Å². The molecule has 0 aromatic heterocycles. The fraction of sp³-hybridized carbons (Fsp3) is 0.800. The van der Waals surface area contributed by atoms with Gasteiger partial charge in [0.05, 0.1) is 0 Å². The Balaban J connectivity index is 3.33. The van der Waals surface area contributed by atoms with Gasteiger partial charge in [0, 0.05) is 27.1 Å². The van der Waals surface area contributed by atoms with Crippen LogP contribution >= 0.6 is 0 Å². The van der Waals surface area contributed by atoms with Gasteiger partial charge >= 0.3 is 0 Å². The summed E-state index contributed by atoms with van der Waals surface area (Å²) in [6, 6.07) is 0. The molecule has 0 spiro atoms. The quantitative estimate of drug-likeness (QED) is 0.489. The molecule has 0 heterocycles. The molecule has 0 bridgehead atoms. The lowest BCUT2D eigenvalue weighted by Gasteiger charge is -2.07. The molecule has 0 aliphatic heterocycles. The highest BCUT2D eigenvalue weighted by Gasteiger charge is 1.99. The highest BCUT2D eigenvalue weighted by Crippen LogP contribution is 1.82. The van der Waals surface area contributed by atoms with Gasteiger partial charge < -0.3 is 4.90 Å². The first-order valence-electron chi connectivity index (χ1n) is 2.53. The molecule has 0 unspecified atom stereocenters. The molecule has 3 heteroatoms. The summed E-state index contributed by atoms with van der Waals surface area (Å²) in [6.45, 7) is 0.191. The van der Waals surface area contributed by atoms with Crippen molar-refractivity contribution in [3.05, 3.63) is 0 Å². The van der Waals surface area contributed by atoms with E-state index in [1.165, 1.54) is 4.90 Å². The summed E-state index contributed by atoms with van der Waals surface area (Å²) in [5, 5.41) is 0. The first-order valence-corrected chi connectivity index (χ1v) is 2.53. The van der Waals surface area contributed by atoms with Crippen LogP contribution in [0.3, 0.4) is 0 Å². The average molecular weight is 115 g/mol. The van der Waals surface area contributed by atoms with Crippen molar-refractivity contribution >= 4 is 5.91 Å². The van der Waals surface area contributed by atoms with Crippen molar-refractivity contribution in [3.8, 4) is 0 Å². The van der Waals surface area contributed by atoms with E-state index in [9.17, 15) is 4.79 Å². The van der Waals surface area contributed by atoms with E-state index in [1.807, 2.05) is 0 Å². The van der Waals surface area contributed by atoms with Crippen LogP contribution in [0.15, 0.2) is 0 Å². The molecule has 3 nitrogen and oxygen atoms in total. The predicted octanol–water partition coefficient (Wildman–Crippen LogP) is -0.252. The summed E-state index contributed by atoms with van der Waals surface area (Å²) in [7, 11) is 3.38. The zero-order chi connectivity index (χ0) is 6.57. The van der Waals surface area contributed by atoms with E-state index < -0.39 is 0 Å². The molecule has 47 valence electrons. The number of nitrogens with zero attached hydrogens (tertiary/aromatic N) is 1. The van der Waals surface area contributed by atoms with Gasteiger partial charge in [-0.15, -0.1) is 0 Å². The maximum Gasteiger partial charge on any atom is 0.223 e. The van der Waals surface area contributed by atoms with Gasteiger partial charge in [-0.1, -0.05) is 0 Å². The lowest BCUT2D eigenvalue weighted by atomic mass is 10.4. The van der Waals surface area contributed by atoms with Crippen LogP contribution < -0.4 is 5.73 Å². The summed E-state index contributed by atoms with van der Waals surface area (Å²) >= 11 is 0. The smallest absolute Gasteiger partial charge is 0.223 e. The molecule has 1 amide bonds. The Morgan fingerprint density at radius 3 is 2.25 bits per heavy atom. The lowest BCUT2D eigenvalue weighted by molar-refractivity contribution is -0.128. The van der Waals surface area contributed by atoms with E-state index in [2.05, 4.69) is 0 Å². The van der Waals surface area contributed by atoms with E-state index in [-0.39, 0.29) is 12.5 Å². The molecule has 0 aromatic carbocycles. The normalized spacial score (nSPS) is 8.88. The monoisotopic (exact) mass is 115 g/mol. The Hall–Kier alpha value is -0.570. The number of amides is 1. The summed E-state index contributed by atoms with van der Waals surface area (Å²) in [5.41, 5.74) is 6.68. The minimum atomic E-state index is 0.0278. The zero-order valence-corrected chi connectivity index (χ0v) is 5.27. The van der Waals surface area contributed by atoms with Gasteiger partial charge in [0.2, 0.25) is 5.91 Å². The summed E-state index contributed by atoms with van der Waals surface area (Å²) in [6.07, 6.45) is 0.340. The van der Waals surface area contributed by atoms with Gasteiger partial charge in [0.25, 0.3) is 0 Å². The third-order valence-corrected chi connectivity index (χ3v) is 0.838. The third-order valence-electron chi connectivity index (χ3n) is 0.838. The number of hydrogen-bond acceptors (Lipinski definition) is 1. The molecule has 0 atom stereocenters. The number of carbonyl (C=O) groups is 1. The molecule has 0 aliphatic carbocycles. The van der Waals surface area contributed by atoms with E-state index in [0.717, 1.165) is 0 Å². The van der Waals surface area contributed by atoms with Gasteiger partial charge in [-0.25, -0.2) is 0 Å². The Labute approximate surface area is 49.5 Å². The maximum absolute atomic E-state index is 10.5. The summed E-state index contributed by atoms with van der Waals surface area (Å²) in [5.74, 6) is 0.0278. The molecule has 0 fully saturated rings. The van der Waals surface area contributed by atoms with Crippen LogP contribution in [0, 0.1) is 0 Å². The second kappa shape index (κ2) is 3.43. The van der Waals surface area contributed by atoms with Crippen molar-refractivity contribution in [2.75, 3.05) is 20.6 Å². The molecule has 0 aromatic rings. The van der Waals surface area contributed by atoms with Crippen LogP contribution in [-0.2, 0) is 4.79 Å². The summed E-state index contributed by atoms with van der Waals surface area (Å²) < 4.78 is 0. The van der Waals surface area contributed by atoms with Gasteiger partial charge in [-0.2, -0.15) is 0 Å². The predicted molar refractivity (Wildman–Crippen MR) is 31.3 cm³/mol. The van der Waals surface area contributed by atoms with Crippen LogP contribution in [0.2, 0.25) is 0 Å². The molecule has 0 saturated heterocycles. The van der Waals surface area contributed by atoms with Crippen molar-refractivity contribution in [2.45, 2.75) is 6.42 Å². The Kier molecular flexibility index (Phi) is 3.19. The second-order valence-electron chi connectivity index (χ2n) is 1.79. The standard InChI is InChI=1S/C5H11N2O/c1-7(2)5(8)3-4-6/h6H,3-4H2,1-2H3. The van der Waals surface area contributed by atoms with Crippen molar-refractivity contribution in [1.29, 1.82) is 0 Å². The van der Waals surface area contributed by atoms with E-state index >= 15 is 0 Å². The number of carbonyl (C=O) groups excluding carboxylic acids is 1. The minimum absolute atomic E-state index is 0.0278. The van der Waals surface area contributed by atoms with Gasteiger partial charge in [0.1, 0.15) is 0 Å². The van der Waals surface area contributed by atoms with Crippen LogP contribution in [0.4, 0.5) is 0 Å². The van der Waals surface area contributed by atoms with Crippen molar-refractivity contribution in [3.63, 3.8) is 0 Å². The number of nitrogens with one attached hydrogen (secondary N) is 1.